The minimum atomic E-state index is -0.423. The molecule has 0 saturated heterocycles. The van der Waals surface area contributed by atoms with Gasteiger partial charge in [-0.3, -0.25) is 19.2 Å². The maximum atomic E-state index is 12.5. The summed E-state index contributed by atoms with van der Waals surface area (Å²) in [6.45, 7) is 8.10. The summed E-state index contributed by atoms with van der Waals surface area (Å²) in [6, 6.07) is 31.7. The van der Waals surface area contributed by atoms with Crippen molar-refractivity contribution in [3.8, 4) is 22.9 Å². The van der Waals surface area contributed by atoms with Gasteiger partial charge in [0.25, 0.3) is 23.6 Å². The predicted octanol–water partition coefficient (Wildman–Crippen LogP) is 4.42. The van der Waals surface area contributed by atoms with E-state index in [-0.39, 0.29) is 35.9 Å². The van der Waals surface area contributed by atoms with Crippen molar-refractivity contribution < 1.29 is 28.7 Å². The van der Waals surface area contributed by atoms with Gasteiger partial charge in [-0.05, 0) is 51.7 Å². The number of aromatic amines is 1. The van der Waals surface area contributed by atoms with Gasteiger partial charge in [0.2, 0.25) is 5.82 Å². The Hall–Kier alpha value is -8.92. The number of H-pyrrole nitrogens is 1. The normalized spacial score (nSPS) is 10.2. The van der Waals surface area contributed by atoms with Gasteiger partial charge in [0.15, 0.2) is 5.69 Å². The van der Waals surface area contributed by atoms with Crippen LogP contribution in [0.1, 0.15) is 64.2 Å². The Morgan fingerprint density at radius 3 is 1.35 bits per heavy atom. The number of aromatic nitrogens is 8. The molecule has 0 aliphatic rings. The quantitative estimate of drug-likeness (QED) is 0.0899. The Balaban J connectivity index is 0.000000211. The summed E-state index contributed by atoms with van der Waals surface area (Å²) in [7, 11) is 3.16. The number of amides is 4. The topological polar surface area (TPSA) is 245 Å². The van der Waals surface area contributed by atoms with Crippen LogP contribution < -0.4 is 30.7 Å². The Kier molecular flexibility index (Phi) is 15.2. The zero-order chi connectivity index (χ0) is 44.4. The Labute approximate surface area is 360 Å². The van der Waals surface area contributed by atoms with Gasteiger partial charge in [0, 0.05) is 43.9 Å². The van der Waals surface area contributed by atoms with E-state index in [1.54, 1.807) is 38.5 Å². The molecule has 0 aliphatic heterocycles. The van der Waals surface area contributed by atoms with Crippen LogP contribution in [0.25, 0.3) is 16.2 Å². The average molecular weight is 846 g/mol. The van der Waals surface area contributed by atoms with E-state index in [4.69, 9.17) is 16.0 Å². The van der Waals surface area contributed by atoms with E-state index in [0.29, 0.717) is 36.1 Å². The second kappa shape index (κ2) is 21.9. The number of nitrogens with one attached hydrogen (secondary N) is 5. The molecule has 19 nitrogen and oxygen atoms in total. The van der Waals surface area contributed by atoms with Gasteiger partial charge < -0.3 is 30.7 Å². The molecule has 0 atom stereocenters. The molecule has 316 valence electrons. The lowest BCUT2D eigenvalue weighted by atomic mass is 10.1. The molecule has 0 fully saturated rings. The van der Waals surface area contributed by atoms with Crippen molar-refractivity contribution >= 4 is 29.3 Å². The molecule has 0 unspecified atom stereocenters. The van der Waals surface area contributed by atoms with Gasteiger partial charge in [0.05, 0.1) is 20.8 Å². The van der Waals surface area contributed by atoms with E-state index in [0.717, 1.165) is 27.8 Å². The second-order valence-corrected chi connectivity index (χ2v) is 13.2. The van der Waals surface area contributed by atoms with Gasteiger partial charge in [-0.15, -0.1) is 10.2 Å². The summed E-state index contributed by atoms with van der Waals surface area (Å²) in [5, 5.41) is 24.8. The first kappa shape index (κ1) is 43.7. The standard InChI is InChI=1S/C22H20N8O3.C22H19N5O3/c1-33-17-4-2-3-15(9-17)12-24-22(32)19-10-18(25-13-26-19)21(31)23-11-14-5-7-16(8-6-14)20-27-29-30-28-20;1-23-17-8-6-15(7-9-17)12-24-21(28)19-11-20(27-14-26-19)22(29)25-13-16-4-3-5-18(10-16)30-2/h2-10,13H,11-12H2,1H3,(H,23,31)(H,24,32)(H,27,28,29,30);3-11,14H,12-13H2,2H3,(H,24,28)(H,25,29). The van der Waals surface area contributed by atoms with Crippen LogP contribution in [0.4, 0.5) is 5.69 Å². The van der Waals surface area contributed by atoms with E-state index in [9.17, 15) is 19.2 Å². The highest BCUT2D eigenvalue weighted by Crippen LogP contribution is 2.16. The molecule has 0 spiro atoms. The summed E-state index contributed by atoms with van der Waals surface area (Å²) in [5.74, 6) is 0.229. The smallest absolute Gasteiger partial charge is 0.270 e. The van der Waals surface area contributed by atoms with E-state index in [1.807, 2.05) is 72.8 Å². The molecule has 7 aromatic rings. The van der Waals surface area contributed by atoms with Crippen LogP contribution >= 0.6 is 0 Å². The fraction of sp³-hybridized carbons (Fsp3) is 0.136. The van der Waals surface area contributed by atoms with Gasteiger partial charge in [-0.2, -0.15) is 5.21 Å². The number of methoxy groups -OCH3 is 2. The summed E-state index contributed by atoms with van der Waals surface area (Å²) in [6.07, 6.45) is 2.37. The molecule has 3 aromatic heterocycles. The number of tetrazole rings is 1. The minimum absolute atomic E-state index is 0.0920. The van der Waals surface area contributed by atoms with Crippen molar-refractivity contribution in [1.29, 1.82) is 0 Å². The summed E-state index contributed by atoms with van der Waals surface area (Å²) in [4.78, 5) is 68.9. The molecular weight excluding hydrogens is 807 g/mol. The Bertz CT molecular complexity index is 2710. The van der Waals surface area contributed by atoms with Crippen molar-refractivity contribution in [2.45, 2.75) is 26.2 Å². The van der Waals surface area contributed by atoms with Crippen LogP contribution in [0.15, 0.2) is 122 Å². The monoisotopic (exact) mass is 845 g/mol. The highest BCUT2D eigenvalue weighted by atomic mass is 16.5. The summed E-state index contributed by atoms with van der Waals surface area (Å²) in [5.41, 5.74) is 5.20. The fourth-order valence-corrected chi connectivity index (χ4v) is 5.61. The summed E-state index contributed by atoms with van der Waals surface area (Å²) < 4.78 is 10.3. The molecule has 19 heteroatoms. The number of carbonyl (C=O) groups excluding carboxylic acids is 4. The van der Waals surface area contributed by atoms with Crippen molar-refractivity contribution in [3.05, 3.63) is 178 Å². The lowest BCUT2D eigenvalue weighted by molar-refractivity contribution is 0.0928. The van der Waals surface area contributed by atoms with Gasteiger partial charge in [-0.1, -0.05) is 72.8 Å². The molecule has 0 saturated carbocycles. The third-order valence-corrected chi connectivity index (χ3v) is 8.97. The first-order chi connectivity index (χ1) is 30.7. The number of rotatable bonds is 15. The molecule has 7 rings (SSSR count). The van der Waals surface area contributed by atoms with E-state index in [1.165, 1.54) is 24.8 Å². The SMILES string of the molecule is COc1cccc(CNC(=O)c2cc(C(=O)NCc3ccc(-c4nn[nH]n4)cc3)ncn2)c1.[C-]#[N+]c1ccc(CNC(=O)c2cc(C(=O)NCc3cccc(OC)c3)ncn2)cc1. The lowest BCUT2D eigenvalue weighted by Gasteiger charge is -2.08. The van der Waals surface area contributed by atoms with Gasteiger partial charge >= 0.3 is 0 Å². The number of ether oxygens (including phenoxy) is 2. The third-order valence-electron chi connectivity index (χ3n) is 8.97. The lowest BCUT2D eigenvalue weighted by Crippen LogP contribution is -2.27. The third kappa shape index (κ3) is 12.8. The zero-order valence-electron chi connectivity index (χ0n) is 33.9. The maximum Gasteiger partial charge on any atom is 0.270 e. The predicted molar refractivity (Wildman–Crippen MR) is 227 cm³/mol. The maximum absolute atomic E-state index is 12.5. The van der Waals surface area contributed by atoms with Crippen molar-refractivity contribution in [2.75, 3.05) is 14.2 Å². The van der Waals surface area contributed by atoms with E-state index in [2.05, 4.69) is 66.7 Å². The number of hydrogen-bond acceptors (Lipinski definition) is 13. The zero-order valence-corrected chi connectivity index (χ0v) is 33.9. The molecule has 4 aromatic carbocycles. The van der Waals surface area contributed by atoms with Gasteiger partial charge in [0.1, 0.15) is 46.9 Å². The number of benzene rings is 4. The van der Waals surface area contributed by atoms with Crippen molar-refractivity contribution in [3.63, 3.8) is 0 Å². The molecule has 0 aliphatic carbocycles. The minimum Gasteiger partial charge on any atom is -0.497 e. The molecule has 0 radical (unpaired) electrons. The first-order valence-corrected chi connectivity index (χ1v) is 19.0. The van der Waals surface area contributed by atoms with Crippen LogP contribution in [0.2, 0.25) is 0 Å². The Morgan fingerprint density at radius 2 is 0.968 bits per heavy atom. The Morgan fingerprint density at radius 1 is 0.556 bits per heavy atom. The number of nitrogens with zero attached hydrogens (tertiary/aromatic N) is 8. The molecule has 3 heterocycles. The summed E-state index contributed by atoms with van der Waals surface area (Å²) >= 11 is 0. The molecule has 5 N–H and O–H groups in total. The highest BCUT2D eigenvalue weighted by Gasteiger charge is 2.15. The molecular formula is C44H39N13O6. The van der Waals surface area contributed by atoms with Crippen LogP contribution in [0.5, 0.6) is 11.5 Å². The van der Waals surface area contributed by atoms with Crippen LogP contribution in [0.3, 0.4) is 0 Å². The highest BCUT2D eigenvalue weighted by molar-refractivity contribution is 5.98. The average Bonchev–Trinajstić information content (AvgIpc) is 3.89. The second-order valence-electron chi connectivity index (χ2n) is 13.2. The van der Waals surface area contributed by atoms with Crippen LogP contribution in [-0.4, -0.2) is 78.4 Å². The molecule has 63 heavy (non-hydrogen) atoms. The number of carbonyl (C=O) groups is 4. The van der Waals surface area contributed by atoms with Crippen molar-refractivity contribution in [2.24, 2.45) is 0 Å². The van der Waals surface area contributed by atoms with E-state index < -0.39 is 23.6 Å². The van der Waals surface area contributed by atoms with E-state index >= 15 is 0 Å². The van der Waals surface area contributed by atoms with Crippen LogP contribution in [0, 0.1) is 6.57 Å². The van der Waals surface area contributed by atoms with Crippen LogP contribution in [-0.2, 0) is 26.2 Å². The van der Waals surface area contributed by atoms with Crippen molar-refractivity contribution in [1.82, 2.24) is 61.8 Å². The molecule has 0 bridgehead atoms. The number of hydrogen-bond donors (Lipinski definition) is 5. The van der Waals surface area contributed by atoms with Gasteiger partial charge in [-0.25, -0.2) is 24.8 Å². The first-order valence-electron chi connectivity index (χ1n) is 19.0. The molecule has 4 amide bonds. The largest absolute Gasteiger partial charge is 0.497 e. The fourth-order valence-electron chi connectivity index (χ4n) is 5.61.